The third-order valence-electron chi connectivity index (χ3n) is 2.11. The lowest BCUT2D eigenvalue weighted by Crippen LogP contribution is -2.14. The molecule has 0 unspecified atom stereocenters. The number of hydrogen-bond acceptors (Lipinski definition) is 6. The summed E-state index contributed by atoms with van der Waals surface area (Å²) in [6.45, 7) is 2.05. The summed E-state index contributed by atoms with van der Waals surface area (Å²) < 4.78 is 6.89. The van der Waals surface area contributed by atoms with Gasteiger partial charge in [-0.3, -0.25) is 4.84 Å². The van der Waals surface area contributed by atoms with E-state index in [-0.39, 0.29) is 12.6 Å². The van der Waals surface area contributed by atoms with Gasteiger partial charge in [0.2, 0.25) is 0 Å². The second-order valence-corrected chi connectivity index (χ2v) is 3.28. The van der Waals surface area contributed by atoms with Gasteiger partial charge in [0, 0.05) is 6.54 Å². The van der Waals surface area contributed by atoms with Crippen LogP contribution in [0, 0.1) is 0 Å². The Morgan fingerprint density at radius 3 is 3.40 bits per heavy atom. The molecular formula is C8H14N4O3. The van der Waals surface area contributed by atoms with E-state index in [4.69, 9.17) is 14.7 Å². The monoisotopic (exact) mass is 214 g/mol. The van der Waals surface area contributed by atoms with E-state index < -0.39 is 0 Å². The molecule has 0 amide bonds. The average Bonchev–Trinajstić information content (AvgIpc) is 2.87. The van der Waals surface area contributed by atoms with Gasteiger partial charge < -0.3 is 9.84 Å². The summed E-state index contributed by atoms with van der Waals surface area (Å²) in [5.41, 5.74) is 3.54. The summed E-state index contributed by atoms with van der Waals surface area (Å²) >= 11 is 0. The summed E-state index contributed by atoms with van der Waals surface area (Å²) in [5, 5.41) is 16.5. The smallest absolute Gasteiger partial charge is 0.108 e. The molecule has 7 nitrogen and oxygen atoms in total. The Kier molecular flexibility index (Phi) is 3.62. The number of aliphatic hydroxyl groups is 1. The maximum atomic E-state index is 8.53. The van der Waals surface area contributed by atoms with Crippen molar-refractivity contribution in [2.45, 2.75) is 12.6 Å². The molecule has 0 radical (unpaired) electrons. The number of hydroxylamine groups is 1. The van der Waals surface area contributed by atoms with Crippen molar-refractivity contribution < 1.29 is 14.7 Å². The lowest BCUT2D eigenvalue weighted by molar-refractivity contribution is 0.0796. The number of nitrogens with zero attached hydrogens (tertiary/aromatic N) is 3. The molecule has 2 N–H and O–H groups in total. The van der Waals surface area contributed by atoms with E-state index in [2.05, 4.69) is 15.8 Å². The lowest BCUT2D eigenvalue weighted by Gasteiger charge is -2.03. The molecule has 0 spiro atoms. The van der Waals surface area contributed by atoms with Gasteiger partial charge in [-0.25, -0.2) is 10.2 Å². The minimum atomic E-state index is 0.0223. The predicted octanol–water partition coefficient (Wildman–Crippen LogP) is -1.14. The summed E-state index contributed by atoms with van der Waals surface area (Å²) in [6, 6.07) is 0.198. The Hall–Kier alpha value is -1.02. The zero-order valence-electron chi connectivity index (χ0n) is 8.30. The highest BCUT2D eigenvalue weighted by Gasteiger charge is 2.18. The molecule has 7 heteroatoms. The van der Waals surface area contributed by atoms with Crippen molar-refractivity contribution in [2.75, 3.05) is 26.4 Å². The molecule has 0 aromatic carbocycles. The van der Waals surface area contributed by atoms with Crippen LogP contribution in [0.25, 0.3) is 0 Å². The molecule has 84 valence electrons. The van der Waals surface area contributed by atoms with E-state index in [1.54, 1.807) is 4.68 Å². The normalized spacial score (nSPS) is 21.0. The first-order valence-corrected chi connectivity index (χ1v) is 4.84. The first-order valence-electron chi connectivity index (χ1n) is 4.84. The predicted molar refractivity (Wildman–Crippen MR) is 49.8 cm³/mol. The van der Waals surface area contributed by atoms with Gasteiger partial charge in [0.15, 0.2) is 0 Å². The fourth-order valence-corrected chi connectivity index (χ4v) is 1.34. The summed E-state index contributed by atoms with van der Waals surface area (Å²) in [7, 11) is 0. The van der Waals surface area contributed by atoms with Crippen molar-refractivity contribution in [3.63, 3.8) is 0 Å². The minimum absolute atomic E-state index is 0.0223. The van der Waals surface area contributed by atoms with Gasteiger partial charge in [0.25, 0.3) is 0 Å². The summed E-state index contributed by atoms with van der Waals surface area (Å²) in [5.74, 6) is 0. The number of hydrogen-bond donors (Lipinski definition) is 2. The second kappa shape index (κ2) is 5.17. The second-order valence-electron chi connectivity index (χ2n) is 3.28. The number of ether oxygens (including phenoxy) is 1. The van der Waals surface area contributed by atoms with Crippen molar-refractivity contribution in [1.29, 1.82) is 0 Å². The largest absolute Gasteiger partial charge is 0.394 e. The Balaban J connectivity index is 1.86. The van der Waals surface area contributed by atoms with Crippen LogP contribution in [-0.4, -0.2) is 46.5 Å². The molecule has 1 aromatic heterocycles. The van der Waals surface area contributed by atoms with Gasteiger partial charge in [-0.2, -0.15) is 0 Å². The molecule has 2 rings (SSSR count). The molecule has 1 aromatic rings. The van der Waals surface area contributed by atoms with Crippen LogP contribution in [0.5, 0.6) is 0 Å². The van der Waals surface area contributed by atoms with E-state index in [1.165, 1.54) is 0 Å². The van der Waals surface area contributed by atoms with Crippen molar-refractivity contribution in [3.8, 4) is 0 Å². The number of aliphatic hydroxyl groups excluding tert-OH is 1. The lowest BCUT2D eigenvalue weighted by atomic mass is 10.3. The van der Waals surface area contributed by atoms with E-state index in [0.29, 0.717) is 19.8 Å². The standard InChI is InChI=1S/C8H14N4O3/c13-1-2-14-5-7-4-12(11-10-7)8-3-9-15-6-8/h4,8-9,13H,1-3,5-6H2/t8-/m0/s1. The molecule has 1 fully saturated rings. The highest BCUT2D eigenvalue weighted by molar-refractivity contribution is 4.91. The molecule has 0 aliphatic carbocycles. The van der Waals surface area contributed by atoms with Crippen LogP contribution < -0.4 is 5.48 Å². The fourth-order valence-electron chi connectivity index (χ4n) is 1.34. The van der Waals surface area contributed by atoms with E-state index in [0.717, 1.165) is 12.2 Å². The van der Waals surface area contributed by atoms with Crippen LogP contribution in [-0.2, 0) is 16.2 Å². The fraction of sp³-hybridized carbons (Fsp3) is 0.750. The van der Waals surface area contributed by atoms with E-state index >= 15 is 0 Å². The quantitative estimate of drug-likeness (QED) is 0.603. The molecular weight excluding hydrogens is 200 g/mol. The SMILES string of the molecule is OCCOCc1cn([C@H]2CNOC2)nn1. The first kappa shape index (κ1) is 10.5. The molecule has 0 saturated carbocycles. The van der Waals surface area contributed by atoms with Crippen molar-refractivity contribution in [1.82, 2.24) is 20.5 Å². The molecule has 1 saturated heterocycles. The van der Waals surface area contributed by atoms with Crippen molar-refractivity contribution in [2.24, 2.45) is 0 Å². The van der Waals surface area contributed by atoms with Gasteiger partial charge in [0.05, 0.1) is 38.7 Å². The van der Waals surface area contributed by atoms with Gasteiger partial charge in [0.1, 0.15) is 5.69 Å². The molecule has 1 aliphatic heterocycles. The van der Waals surface area contributed by atoms with Gasteiger partial charge in [-0.15, -0.1) is 5.10 Å². The minimum Gasteiger partial charge on any atom is -0.394 e. The van der Waals surface area contributed by atoms with Crippen molar-refractivity contribution in [3.05, 3.63) is 11.9 Å². The molecule has 1 atom stereocenters. The third kappa shape index (κ3) is 2.72. The average molecular weight is 214 g/mol. The molecule has 2 heterocycles. The van der Waals surface area contributed by atoms with Crippen LogP contribution in [0.1, 0.15) is 11.7 Å². The third-order valence-corrected chi connectivity index (χ3v) is 2.11. The van der Waals surface area contributed by atoms with Gasteiger partial charge in [-0.05, 0) is 0 Å². The summed E-state index contributed by atoms with van der Waals surface area (Å²) in [4.78, 5) is 5.02. The van der Waals surface area contributed by atoms with Crippen LogP contribution in [0.4, 0.5) is 0 Å². The Labute approximate surface area is 86.9 Å². The zero-order chi connectivity index (χ0) is 10.5. The highest BCUT2D eigenvalue weighted by Crippen LogP contribution is 2.09. The first-order chi connectivity index (χ1) is 7.40. The summed E-state index contributed by atoms with van der Waals surface area (Å²) in [6.07, 6.45) is 1.83. The highest BCUT2D eigenvalue weighted by atomic mass is 16.7. The maximum Gasteiger partial charge on any atom is 0.108 e. The maximum absolute atomic E-state index is 8.53. The van der Waals surface area contributed by atoms with Crippen LogP contribution >= 0.6 is 0 Å². The van der Waals surface area contributed by atoms with Crippen LogP contribution in [0.15, 0.2) is 6.20 Å². The van der Waals surface area contributed by atoms with E-state index in [1.807, 2.05) is 6.20 Å². The Morgan fingerprint density at radius 1 is 1.73 bits per heavy atom. The molecule has 1 aliphatic rings. The number of aromatic nitrogens is 3. The Morgan fingerprint density at radius 2 is 2.67 bits per heavy atom. The Bertz CT molecular complexity index is 298. The van der Waals surface area contributed by atoms with Crippen molar-refractivity contribution >= 4 is 0 Å². The van der Waals surface area contributed by atoms with Gasteiger partial charge >= 0.3 is 0 Å². The zero-order valence-corrected chi connectivity index (χ0v) is 8.30. The number of rotatable bonds is 5. The van der Waals surface area contributed by atoms with Crippen LogP contribution in [0.2, 0.25) is 0 Å². The number of nitrogens with one attached hydrogen (secondary N) is 1. The molecule has 15 heavy (non-hydrogen) atoms. The topological polar surface area (TPSA) is 81.4 Å². The van der Waals surface area contributed by atoms with E-state index in [9.17, 15) is 0 Å². The van der Waals surface area contributed by atoms with Gasteiger partial charge in [-0.1, -0.05) is 5.21 Å². The molecule has 0 bridgehead atoms. The van der Waals surface area contributed by atoms with Crippen LogP contribution in [0.3, 0.4) is 0 Å².